The van der Waals surface area contributed by atoms with Gasteiger partial charge in [-0.15, -0.1) is 0 Å². The first kappa shape index (κ1) is 11.9. The number of pyridine rings is 1. The van der Waals surface area contributed by atoms with Crippen LogP contribution < -0.4 is 4.90 Å². The molecule has 1 aromatic rings. The summed E-state index contributed by atoms with van der Waals surface area (Å²) < 4.78 is 0. The van der Waals surface area contributed by atoms with E-state index in [4.69, 9.17) is 5.11 Å². The minimum Gasteiger partial charge on any atom is -0.477 e. The summed E-state index contributed by atoms with van der Waals surface area (Å²) in [5, 5.41) is 8.81. The van der Waals surface area contributed by atoms with Crippen LogP contribution in [-0.4, -0.2) is 28.6 Å². The van der Waals surface area contributed by atoms with E-state index < -0.39 is 5.97 Å². The number of anilines is 1. The minimum absolute atomic E-state index is 0.110. The average molecular weight is 234 g/mol. The predicted molar refractivity (Wildman–Crippen MR) is 66.5 cm³/mol. The number of carboxylic acids is 1. The Kier molecular flexibility index (Phi) is 3.61. The average Bonchev–Trinajstić information content (AvgIpc) is 2.39. The van der Waals surface area contributed by atoms with Gasteiger partial charge >= 0.3 is 5.97 Å². The fourth-order valence-electron chi connectivity index (χ4n) is 2.45. The minimum atomic E-state index is -0.970. The quantitative estimate of drug-likeness (QED) is 0.873. The molecule has 2 heterocycles. The Bertz CT molecular complexity index is 389. The third kappa shape index (κ3) is 2.57. The second-order valence-corrected chi connectivity index (χ2v) is 4.46. The lowest BCUT2D eigenvalue weighted by molar-refractivity contribution is 0.0690. The number of carboxylic acid groups (broad SMARTS) is 1. The molecule has 1 saturated heterocycles. The van der Waals surface area contributed by atoms with Crippen LogP contribution in [-0.2, 0) is 0 Å². The molecule has 0 radical (unpaired) electrons. The summed E-state index contributed by atoms with van der Waals surface area (Å²) >= 11 is 0. The second kappa shape index (κ2) is 5.17. The van der Waals surface area contributed by atoms with E-state index in [1.165, 1.54) is 19.3 Å². The van der Waals surface area contributed by atoms with Crippen molar-refractivity contribution in [2.45, 2.75) is 38.6 Å². The molecule has 4 nitrogen and oxygen atoms in total. The molecule has 1 aromatic heterocycles. The predicted octanol–water partition coefficient (Wildman–Crippen LogP) is 2.55. The first-order valence-electron chi connectivity index (χ1n) is 6.18. The molecular weight excluding hydrogens is 216 g/mol. The Balaban J connectivity index is 2.17. The Labute approximate surface area is 101 Å². The van der Waals surface area contributed by atoms with Crippen LogP contribution in [0, 0.1) is 0 Å². The molecule has 0 aliphatic carbocycles. The highest BCUT2D eigenvalue weighted by molar-refractivity contribution is 5.85. The zero-order valence-corrected chi connectivity index (χ0v) is 10.1. The first-order valence-corrected chi connectivity index (χ1v) is 6.18. The number of nitrogens with zero attached hydrogens (tertiary/aromatic N) is 2. The van der Waals surface area contributed by atoms with E-state index >= 15 is 0 Å². The molecule has 0 saturated carbocycles. The summed E-state index contributed by atoms with van der Waals surface area (Å²) in [5.74, 6) is -0.970. The highest BCUT2D eigenvalue weighted by Crippen LogP contribution is 2.25. The van der Waals surface area contributed by atoms with Gasteiger partial charge in [-0.1, -0.05) is 6.92 Å². The maximum atomic E-state index is 10.7. The molecule has 0 spiro atoms. The van der Waals surface area contributed by atoms with Gasteiger partial charge in [0.1, 0.15) is 5.69 Å². The smallest absolute Gasteiger partial charge is 0.354 e. The van der Waals surface area contributed by atoms with Crippen LogP contribution in [0.4, 0.5) is 5.69 Å². The van der Waals surface area contributed by atoms with Gasteiger partial charge in [0.25, 0.3) is 0 Å². The third-order valence-corrected chi connectivity index (χ3v) is 3.40. The summed E-state index contributed by atoms with van der Waals surface area (Å²) in [4.78, 5) is 17.1. The number of aromatic carboxylic acids is 1. The summed E-state index contributed by atoms with van der Waals surface area (Å²) in [6, 6.07) is 4.02. The van der Waals surface area contributed by atoms with Crippen molar-refractivity contribution in [1.82, 2.24) is 4.98 Å². The molecule has 1 fully saturated rings. The Morgan fingerprint density at radius 3 is 2.94 bits per heavy atom. The van der Waals surface area contributed by atoms with Crippen LogP contribution in [0.1, 0.15) is 43.1 Å². The van der Waals surface area contributed by atoms with Crippen LogP contribution in [0.25, 0.3) is 0 Å². The lowest BCUT2D eigenvalue weighted by Gasteiger charge is -2.36. The van der Waals surface area contributed by atoms with Crippen molar-refractivity contribution in [2.24, 2.45) is 0 Å². The summed E-state index contributed by atoms with van der Waals surface area (Å²) in [5.41, 5.74) is 1.15. The molecule has 1 aliphatic heterocycles. The molecular formula is C13H18N2O2. The van der Waals surface area contributed by atoms with Crippen molar-refractivity contribution >= 4 is 11.7 Å². The molecule has 92 valence electrons. The number of aromatic nitrogens is 1. The van der Waals surface area contributed by atoms with Crippen molar-refractivity contribution in [3.63, 3.8) is 0 Å². The van der Waals surface area contributed by atoms with Gasteiger partial charge in [-0.3, -0.25) is 0 Å². The number of carbonyl (C=O) groups is 1. The number of piperidine rings is 1. The SMILES string of the molecule is CCC1CCCCN1c1ccc(C(=O)O)nc1. The zero-order valence-electron chi connectivity index (χ0n) is 10.1. The van der Waals surface area contributed by atoms with Crippen molar-refractivity contribution in [3.05, 3.63) is 24.0 Å². The monoisotopic (exact) mass is 234 g/mol. The van der Waals surface area contributed by atoms with Gasteiger partial charge in [0, 0.05) is 12.6 Å². The molecule has 0 amide bonds. The zero-order chi connectivity index (χ0) is 12.3. The van der Waals surface area contributed by atoms with Crippen LogP contribution in [0.5, 0.6) is 0 Å². The van der Waals surface area contributed by atoms with Gasteiger partial charge in [0.15, 0.2) is 0 Å². The molecule has 4 heteroatoms. The van der Waals surface area contributed by atoms with E-state index in [0.717, 1.165) is 18.7 Å². The van der Waals surface area contributed by atoms with Gasteiger partial charge < -0.3 is 10.0 Å². The highest BCUT2D eigenvalue weighted by atomic mass is 16.4. The lowest BCUT2D eigenvalue weighted by atomic mass is 9.99. The van der Waals surface area contributed by atoms with E-state index in [1.54, 1.807) is 12.3 Å². The van der Waals surface area contributed by atoms with E-state index in [0.29, 0.717) is 6.04 Å². The molecule has 1 aliphatic rings. The lowest BCUT2D eigenvalue weighted by Crippen LogP contribution is -2.39. The standard InChI is InChI=1S/C13H18N2O2/c1-2-10-5-3-4-8-15(10)11-6-7-12(13(16)17)14-9-11/h6-7,9-10H,2-5,8H2,1H3,(H,16,17). The number of rotatable bonds is 3. The van der Waals surface area contributed by atoms with Crippen molar-refractivity contribution in [2.75, 3.05) is 11.4 Å². The van der Waals surface area contributed by atoms with Crippen LogP contribution in [0.3, 0.4) is 0 Å². The summed E-state index contributed by atoms with van der Waals surface area (Å²) in [7, 11) is 0. The Hall–Kier alpha value is -1.58. The van der Waals surface area contributed by atoms with Gasteiger partial charge in [-0.05, 0) is 37.8 Å². The normalized spacial score (nSPS) is 20.3. The third-order valence-electron chi connectivity index (χ3n) is 3.40. The molecule has 1 unspecified atom stereocenters. The molecule has 1 atom stereocenters. The van der Waals surface area contributed by atoms with Crippen LogP contribution >= 0.6 is 0 Å². The fourth-order valence-corrected chi connectivity index (χ4v) is 2.45. The van der Waals surface area contributed by atoms with Crippen LogP contribution in [0.15, 0.2) is 18.3 Å². The second-order valence-electron chi connectivity index (χ2n) is 4.46. The van der Waals surface area contributed by atoms with E-state index in [9.17, 15) is 4.79 Å². The van der Waals surface area contributed by atoms with Gasteiger partial charge in [-0.2, -0.15) is 0 Å². The number of hydrogen-bond acceptors (Lipinski definition) is 3. The number of hydrogen-bond donors (Lipinski definition) is 1. The maximum absolute atomic E-state index is 10.7. The molecule has 0 aromatic carbocycles. The highest BCUT2D eigenvalue weighted by Gasteiger charge is 2.21. The van der Waals surface area contributed by atoms with Gasteiger partial charge in [0.2, 0.25) is 0 Å². The molecule has 2 rings (SSSR count). The molecule has 1 N–H and O–H groups in total. The largest absolute Gasteiger partial charge is 0.477 e. The molecule has 17 heavy (non-hydrogen) atoms. The van der Waals surface area contributed by atoms with E-state index in [2.05, 4.69) is 16.8 Å². The Morgan fingerprint density at radius 2 is 2.35 bits per heavy atom. The Morgan fingerprint density at radius 1 is 1.53 bits per heavy atom. The van der Waals surface area contributed by atoms with E-state index in [-0.39, 0.29) is 5.69 Å². The summed E-state index contributed by atoms with van der Waals surface area (Å²) in [6.45, 7) is 3.24. The fraction of sp³-hybridized carbons (Fsp3) is 0.538. The molecule has 0 bridgehead atoms. The summed E-state index contributed by atoms with van der Waals surface area (Å²) in [6.07, 6.45) is 6.52. The van der Waals surface area contributed by atoms with Crippen molar-refractivity contribution < 1.29 is 9.90 Å². The van der Waals surface area contributed by atoms with Gasteiger partial charge in [-0.25, -0.2) is 9.78 Å². The van der Waals surface area contributed by atoms with Gasteiger partial charge in [0.05, 0.1) is 11.9 Å². The van der Waals surface area contributed by atoms with Crippen molar-refractivity contribution in [3.8, 4) is 0 Å². The van der Waals surface area contributed by atoms with Crippen LogP contribution in [0.2, 0.25) is 0 Å². The first-order chi connectivity index (χ1) is 8.22. The topological polar surface area (TPSA) is 53.4 Å². The van der Waals surface area contributed by atoms with Crippen molar-refractivity contribution in [1.29, 1.82) is 0 Å². The maximum Gasteiger partial charge on any atom is 0.354 e. The van der Waals surface area contributed by atoms with E-state index in [1.807, 2.05) is 6.07 Å².